The molecule has 0 aliphatic heterocycles. The number of hydrogen-bond acceptors (Lipinski definition) is 2. The molecule has 0 fully saturated rings. The highest BCUT2D eigenvalue weighted by atomic mass is 16.5. The summed E-state index contributed by atoms with van der Waals surface area (Å²) in [6.45, 7) is 2.04. The minimum Gasteiger partial charge on any atom is -0.496 e. The van der Waals surface area contributed by atoms with Crippen molar-refractivity contribution in [3.05, 3.63) is 35.4 Å². The Morgan fingerprint density at radius 2 is 2.12 bits per heavy atom. The minimum absolute atomic E-state index is 0.427. The molecule has 1 rings (SSSR count). The number of para-hydroxylation sites is 1. The molecular weight excluding hydrogens is 216 g/mol. The number of benzene rings is 1. The first kappa shape index (κ1) is 13.3. The SMILES string of the molecule is CCCC/C(=C\c1ccccc1OC)C(=O)O. The summed E-state index contributed by atoms with van der Waals surface area (Å²) in [5.41, 5.74) is 1.24. The van der Waals surface area contributed by atoms with Crippen molar-refractivity contribution in [2.24, 2.45) is 0 Å². The number of unbranched alkanes of at least 4 members (excludes halogenated alkanes) is 1. The first-order valence-corrected chi connectivity index (χ1v) is 5.76. The van der Waals surface area contributed by atoms with E-state index in [2.05, 4.69) is 0 Å². The molecule has 0 saturated heterocycles. The second-order valence-corrected chi connectivity index (χ2v) is 3.82. The van der Waals surface area contributed by atoms with E-state index in [4.69, 9.17) is 9.84 Å². The zero-order valence-electron chi connectivity index (χ0n) is 10.3. The molecular formula is C14H18O3. The van der Waals surface area contributed by atoms with Crippen LogP contribution in [-0.4, -0.2) is 18.2 Å². The predicted molar refractivity (Wildman–Crippen MR) is 68.1 cm³/mol. The zero-order chi connectivity index (χ0) is 12.7. The lowest BCUT2D eigenvalue weighted by Crippen LogP contribution is -2.00. The highest BCUT2D eigenvalue weighted by Gasteiger charge is 2.08. The normalized spacial score (nSPS) is 11.3. The van der Waals surface area contributed by atoms with Crippen molar-refractivity contribution in [2.75, 3.05) is 7.11 Å². The van der Waals surface area contributed by atoms with Gasteiger partial charge >= 0.3 is 5.97 Å². The summed E-state index contributed by atoms with van der Waals surface area (Å²) in [6.07, 6.45) is 4.14. The Balaban J connectivity index is 2.99. The smallest absolute Gasteiger partial charge is 0.331 e. The third-order valence-electron chi connectivity index (χ3n) is 2.54. The quantitative estimate of drug-likeness (QED) is 0.768. The fraction of sp³-hybridized carbons (Fsp3) is 0.357. The summed E-state index contributed by atoms with van der Waals surface area (Å²) < 4.78 is 5.19. The molecule has 0 aromatic heterocycles. The molecule has 0 amide bonds. The molecule has 0 saturated carbocycles. The van der Waals surface area contributed by atoms with Gasteiger partial charge in [0.05, 0.1) is 7.11 Å². The highest BCUT2D eigenvalue weighted by molar-refractivity contribution is 5.92. The van der Waals surface area contributed by atoms with Gasteiger partial charge in [-0.2, -0.15) is 0 Å². The molecule has 1 N–H and O–H groups in total. The average Bonchev–Trinajstić information content (AvgIpc) is 2.34. The maximum atomic E-state index is 11.1. The topological polar surface area (TPSA) is 46.5 Å². The van der Waals surface area contributed by atoms with Crippen molar-refractivity contribution < 1.29 is 14.6 Å². The van der Waals surface area contributed by atoms with Crippen molar-refractivity contribution in [2.45, 2.75) is 26.2 Å². The van der Waals surface area contributed by atoms with E-state index in [-0.39, 0.29) is 0 Å². The van der Waals surface area contributed by atoms with E-state index in [9.17, 15) is 4.79 Å². The monoisotopic (exact) mass is 234 g/mol. The molecule has 0 atom stereocenters. The molecule has 1 aromatic carbocycles. The maximum absolute atomic E-state index is 11.1. The van der Waals surface area contributed by atoms with Crippen LogP contribution in [0.15, 0.2) is 29.8 Å². The molecule has 0 heterocycles. The first-order chi connectivity index (χ1) is 8.19. The summed E-state index contributed by atoms with van der Waals surface area (Å²) in [5, 5.41) is 9.12. The van der Waals surface area contributed by atoms with E-state index in [0.717, 1.165) is 18.4 Å². The zero-order valence-corrected chi connectivity index (χ0v) is 10.3. The lowest BCUT2D eigenvalue weighted by molar-refractivity contribution is -0.132. The summed E-state index contributed by atoms with van der Waals surface area (Å²) in [4.78, 5) is 11.1. The second-order valence-electron chi connectivity index (χ2n) is 3.82. The third-order valence-corrected chi connectivity index (χ3v) is 2.54. The number of rotatable bonds is 6. The van der Waals surface area contributed by atoms with Gasteiger partial charge in [0, 0.05) is 11.1 Å². The molecule has 3 nitrogen and oxygen atoms in total. The average molecular weight is 234 g/mol. The van der Waals surface area contributed by atoms with Crippen molar-refractivity contribution in [3.63, 3.8) is 0 Å². The molecule has 3 heteroatoms. The predicted octanol–water partition coefficient (Wildman–Crippen LogP) is 3.35. The van der Waals surface area contributed by atoms with Gasteiger partial charge in [0.1, 0.15) is 5.75 Å². The molecule has 0 aliphatic rings. The number of carbonyl (C=O) groups is 1. The Labute approximate surface area is 102 Å². The number of carboxylic acids is 1. The van der Waals surface area contributed by atoms with E-state index in [1.54, 1.807) is 13.2 Å². The number of methoxy groups -OCH3 is 1. The van der Waals surface area contributed by atoms with Crippen molar-refractivity contribution in [1.82, 2.24) is 0 Å². The van der Waals surface area contributed by atoms with Crippen LogP contribution < -0.4 is 4.74 Å². The van der Waals surface area contributed by atoms with E-state index < -0.39 is 5.97 Å². The molecule has 0 bridgehead atoms. The fourth-order valence-corrected chi connectivity index (χ4v) is 1.58. The number of hydrogen-bond donors (Lipinski definition) is 1. The Bertz CT molecular complexity index is 408. The largest absolute Gasteiger partial charge is 0.496 e. The molecule has 0 unspecified atom stereocenters. The van der Waals surface area contributed by atoms with Gasteiger partial charge in [-0.05, 0) is 25.0 Å². The van der Waals surface area contributed by atoms with Crippen LogP contribution in [0, 0.1) is 0 Å². The van der Waals surface area contributed by atoms with Gasteiger partial charge < -0.3 is 9.84 Å². The van der Waals surface area contributed by atoms with E-state index in [0.29, 0.717) is 17.7 Å². The Hall–Kier alpha value is -1.77. The van der Waals surface area contributed by atoms with Crippen molar-refractivity contribution in [3.8, 4) is 5.75 Å². The lowest BCUT2D eigenvalue weighted by Gasteiger charge is -2.06. The van der Waals surface area contributed by atoms with Crippen LogP contribution in [0.1, 0.15) is 31.7 Å². The van der Waals surface area contributed by atoms with Gasteiger partial charge in [0.15, 0.2) is 0 Å². The van der Waals surface area contributed by atoms with Gasteiger partial charge in [0.25, 0.3) is 0 Å². The van der Waals surface area contributed by atoms with Crippen LogP contribution in [0.5, 0.6) is 5.75 Å². The molecule has 0 spiro atoms. The van der Waals surface area contributed by atoms with Crippen LogP contribution in [-0.2, 0) is 4.79 Å². The molecule has 0 aliphatic carbocycles. The Kier molecular flexibility index (Phi) is 5.27. The second kappa shape index (κ2) is 6.74. The minimum atomic E-state index is -0.857. The van der Waals surface area contributed by atoms with Gasteiger partial charge in [-0.15, -0.1) is 0 Å². The Morgan fingerprint density at radius 1 is 1.41 bits per heavy atom. The molecule has 1 aromatic rings. The summed E-state index contributed by atoms with van der Waals surface area (Å²) in [7, 11) is 1.58. The van der Waals surface area contributed by atoms with E-state index >= 15 is 0 Å². The van der Waals surface area contributed by atoms with Crippen LogP contribution in [0.2, 0.25) is 0 Å². The standard InChI is InChI=1S/C14H18O3/c1-3-4-7-12(14(15)16)10-11-8-5-6-9-13(11)17-2/h5-6,8-10H,3-4,7H2,1-2H3,(H,15,16)/b12-10+. The summed E-state index contributed by atoms with van der Waals surface area (Å²) >= 11 is 0. The van der Waals surface area contributed by atoms with E-state index in [1.165, 1.54) is 0 Å². The lowest BCUT2D eigenvalue weighted by atomic mass is 10.0. The fourth-order valence-electron chi connectivity index (χ4n) is 1.58. The van der Waals surface area contributed by atoms with Crippen LogP contribution in [0.4, 0.5) is 0 Å². The highest BCUT2D eigenvalue weighted by Crippen LogP contribution is 2.22. The summed E-state index contributed by atoms with van der Waals surface area (Å²) in [6, 6.07) is 7.41. The molecule has 0 radical (unpaired) electrons. The van der Waals surface area contributed by atoms with Crippen molar-refractivity contribution in [1.29, 1.82) is 0 Å². The van der Waals surface area contributed by atoms with Gasteiger partial charge in [0.2, 0.25) is 0 Å². The number of aliphatic carboxylic acids is 1. The summed E-state index contributed by atoms with van der Waals surface area (Å²) in [5.74, 6) is -0.160. The van der Waals surface area contributed by atoms with Gasteiger partial charge in [-0.25, -0.2) is 4.79 Å². The van der Waals surface area contributed by atoms with Crippen molar-refractivity contribution >= 4 is 12.0 Å². The first-order valence-electron chi connectivity index (χ1n) is 5.76. The number of ether oxygens (including phenoxy) is 1. The van der Waals surface area contributed by atoms with Crippen LogP contribution in [0.25, 0.3) is 6.08 Å². The molecule has 92 valence electrons. The van der Waals surface area contributed by atoms with Crippen LogP contribution in [0.3, 0.4) is 0 Å². The van der Waals surface area contributed by atoms with Gasteiger partial charge in [-0.3, -0.25) is 0 Å². The maximum Gasteiger partial charge on any atom is 0.331 e. The third kappa shape index (κ3) is 3.94. The van der Waals surface area contributed by atoms with E-state index in [1.807, 2.05) is 31.2 Å². The van der Waals surface area contributed by atoms with Gasteiger partial charge in [-0.1, -0.05) is 31.5 Å². The number of carboxylic acid groups (broad SMARTS) is 1. The Morgan fingerprint density at radius 3 is 2.71 bits per heavy atom. The van der Waals surface area contributed by atoms with Crippen LogP contribution >= 0.6 is 0 Å². The molecule has 17 heavy (non-hydrogen) atoms.